The second kappa shape index (κ2) is 9.83. The van der Waals surface area contributed by atoms with Gasteiger partial charge in [-0.15, -0.1) is 0 Å². The van der Waals surface area contributed by atoms with E-state index < -0.39 is 0 Å². The number of rotatable bonds is 4. The molecule has 0 saturated carbocycles. The van der Waals surface area contributed by atoms with E-state index in [0.29, 0.717) is 5.92 Å². The van der Waals surface area contributed by atoms with Crippen LogP contribution in [0.3, 0.4) is 0 Å². The zero-order valence-electron chi connectivity index (χ0n) is 26.6. The maximum Gasteiger partial charge on any atom is 0.159 e. The fraction of sp³-hybridized carbons (Fsp3) is 0.136. The zero-order chi connectivity index (χ0) is 31.2. The van der Waals surface area contributed by atoms with Crippen LogP contribution in [0.1, 0.15) is 50.3 Å². The summed E-state index contributed by atoms with van der Waals surface area (Å²) in [6.07, 6.45) is 0. The van der Waals surface area contributed by atoms with Crippen molar-refractivity contribution < 1.29 is 4.42 Å². The average Bonchev–Trinajstić information content (AvgIpc) is 3.58. The van der Waals surface area contributed by atoms with Crippen LogP contribution in [0.25, 0.3) is 54.6 Å². The zero-order valence-corrected chi connectivity index (χ0v) is 26.6. The van der Waals surface area contributed by atoms with E-state index in [-0.39, 0.29) is 5.41 Å². The summed E-state index contributed by atoms with van der Waals surface area (Å²) in [5.74, 6) is 0.466. The van der Waals surface area contributed by atoms with Gasteiger partial charge in [0.25, 0.3) is 0 Å². The van der Waals surface area contributed by atoms with E-state index in [1.165, 1.54) is 49.4 Å². The molecular weight excluding hydrogens is 558 g/mol. The molecule has 0 N–H and O–H groups in total. The summed E-state index contributed by atoms with van der Waals surface area (Å²) in [6, 6.07) is 48.9. The van der Waals surface area contributed by atoms with Crippen molar-refractivity contribution in [2.75, 3.05) is 4.90 Å². The van der Waals surface area contributed by atoms with Gasteiger partial charge in [0.15, 0.2) is 5.58 Å². The topological polar surface area (TPSA) is 16.4 Å². The first-order valence-electron chi connectivity index (χ1n) is 16.3. The maximum absolute atomic E-state index is 6.57. The smallest absolute Gasteiger partial charge is 0.159 e. The molecule has 0 bridgehead atoms. The Kier molecular flexibility index (Phi) is 5.77. The van der Waals surface area contributed by atoms with Gasteiger partial charge in [-0.1, -0.05) is 125 Å². The number of hydrogen-bond acceptors (Lipinski definition) is 2. The number of fused-ring (bicyclic) bond motifs is 10. The van der Waals surface area contributed by atoms with Crippen LogP contribution >= 0.6 is 0 Å². The molecule has 7 aromatic carbocycles. The fourth-order valence-electron chi connectivity index (χ4n) is 7.90. The highest BCUT2D eigenvalue weighted by atomic mass is 16.3. The first-order valence-corrected chi connectivity index (χ1v) is 16.3. The third-order valence-corrected chi connectivity index (χ3v) is 10.2. The lowest BCUT2D eigenvalue weighted by Crippen LogP contribution is -2.15. The van der Waals surface area contributed by atoms with Gasteiger partial charge in [-0.2, -0.15) is 0 Å². The standard InChI is InChI=1S/C44H35NO/c1-27(2)28-16-20-31(21-17-28)45(39-14-9-13-36-35-12-7-8-15-40(35)46-43(36)39)32-22-24-34-30(26-32)18-23-37-41-33-11-6-5-10-29(33)19-25-38(41)44(3,4)42(34)37/h5-27H,1-4H3. The number of hydrogen-bond donors (Lipinski definition) is 0. The van der Waals surface area contributed by atoms with Crippen molar-refractivity contribution in [3.05, 3.63) is 150 Å². The van der Waals surface area contributed by atoms with Gasteiger partial charge in [0.2, 0.25) is 0 Å². The first kappa shape index (κ1) is 27.0. The van der Waals surface area contributed by atoms with Gasteiger partial charge in [0.1, 0.15) is 5.58 Å². The summed E-state index contributed by atoms with van der Waals surface area (Å²) in [5, 5.41) is 7.43. The minimum absolute atomic E-state index is 0.109. The number of para-hydroxylation sites is 2. The van der Waals surface area contributed by atoms with Crippen LogP contribution in [0.15, 0.2) is 138 Å². The Morgan fingerprint density at radius 1 is 0.587 bits per heavy atom. The van der Waals surface area contributed by atoms with Crippen molar-refractivity contribution in [2.45, 2.75) is 39.0 Å². The van der Waals surface area contributed by atoms with Crippen LogP contribution < -0.4 is 4.90 Å². The second-order valence-electron chi connectivity index (χ2n) is 13.6. The van der Waals surface area contributed by atoms with Gasteiger partial charge >= 0.3 is 0 Å². The Balaban J connectivity index is 1.27. The predicted octanol–water partition coefficient (Wildman–Crippen LogP) is 12.8. The van der Waals surface area contributed by atoms with E-state index in [1.54, 1.807) is 0 Å². The molecule has 0 fully saturated rings. The highest BCUT2D eigenvalue weighted by Crippen LogP contribution is 2.54. The van der Waals surface area contributed by atoms with Crippen LogP contribution in [0.4, 0.5) is 17.1 Å². The highest BCUT2D eigenvalue weighted by Gasteiger charge is 2.37. The molecule has 1 aliphatic carbocycles. The normalized spacial score (nSPS) is 13.6. The molecule has 2 heteroatoms. The van der Waals surface area contributed by atoms with E-state index in [1.807, 2.05) is 6.07 Å². The van der Waals surface area contributed by atoms with E-state index in [9.17, 15) is 0 Å². The molecule has 0 unspecified atom stereocenters. The molecule has 0 radical (unpaired) electrons. The van der Waals surface area contributed by atoms with Crippen LogP contribution in [0, 0.1) is 0 Å². The van der Waals surface area contributed by atoms with Crippen molar-refractivity contribution in [1.29, 1.82) is 0 Å². The average molecular weight is 594 g/mol. The third kappa shape index (κ3) is 3.83. The minimum atomic E-state index is -0.109. The molecule has 1 aliphatic rings. The summed E-state index contributed by atoms with van der Waals surface area (Å²) >= 11 is 0. The van der Waals surface area contributed by atoms with E-state index in [2.05, 4.69) is 160 Å². The predicted molar refractivity (Wildman–Crippen MR) is 195 cm³/mol. The lowest BCUT2D eigenvalue weighted by molar-refractivity contribution is 0.667. The van der Waals surface area contributed by atoms with Crippen molar-refractivity contribution in [3.8, 4) is 11.1 Å². The summed E-state index contributed by atoms with van der Waals surface area (Å²) in [7, 11) is 0. The molecule has 0 atom stereocenters. The van der Waals surface area contributed by atoms with Crippen molar-refractivity contribution in [2.24, 2.45) is 0 Å². The Morgan fingerprint density at radius 2 is 1.30 bits per heavy atom. The third-order valence-electron chi connectivity index (χ3n) is 10.2. The fourth-order valence-corrected chi connectivity index (χ4v) is 7.90. The van der Waals surface area contributed by atoms with Gasteiger partial charge in [0.05, 0.1) is 5.69 Å². The number of furan rings is 1. The highest BCUT2D eigenvalue weighted by molar-refractivity contribution is 6.11. The first-order chi connectivity index (χ1) is 22.4. The van der Waals surface area contributed by atoms with Crippen LogP contribution in [-0.4, -0.2) is 0 Å². The lowest BCUT2D eigenvalue weighted by atomic mass is 9.80. The van der Waals surface area contributed by atoms with Crippen molar-refractivity contribution in [3.63, 3.8) is 0 Å². The number of anilines is 3. The summed E-state index contributed by atoms with van der Waals surface area (Å²) in [5.41, 5.74) is 11.8. The summed E-state index contributed by atoms with van der Waals surface area (Å²) < 4.78 is 6.57. The summed E-state index contributed by atoms with van der Waals surface area (Å²) in [4.78, 5) is 2.36. The van der Waals surface area contributed by atoms with Gasteiger partial charge in [-0.05, 0) is 91.7 Å². The quantitative estimate of drug-likeness (QED) is 0.202. The molecule has 1 heterocycles. The Bertz CT molecular complexity index is 2480. The van der Waals surface area contributed by atoms with Gasteiger partial charge in [-0.3, -0.25) is 0 Å². The van der Waals surface area contributed by atoms with Gasteiger partial charge in [0, 0.05) is 27.6 Å². The largest absolute Gasteiger partial charge is 0.454 e. The second-order valence-corrected chi connectivity index (χ2v) is 13.6. The molecular formula is C44H35NO. The van der Waals surface area contributed by atoms with Gasteiger partial charge in [-0.25, -0.2) is 0 Å². The van der Waals surface area contributed by atoms with Crippen molar-refractivity contribution >= 4 is 60.5 Å². The monoisotopic (exact) mass is 593 g/mol. The molecule has 0 saturated heterocycles. The maximum atomic E-state index is 6.57. The molecule has 8 aromatic rings. The van der Waals surface area contributed by atoms with Crippen LogP contribution in [-0.2, 0) is 5.41 Å². The molecule has 2 nitrogen and oxygen atoms in total. The van der Waals surface area contributed by atoms with Crippen LogP contribution in [0.2, 0.25) is 0 Å². The van der Waals surface area contributed by atoms with E-state index in [0.717, 1.165) is 39.0 Å². The van der Waals surface area contributed by atoms with E-state index in [4.69, 9.17) is 4.42 Å². The molecule has 222 valence electrons. The number of nitrogens with zero attached hydrogens (tertiary/aromatic N) is 1. The van der Waals surface area contributed by atoms with E-state index >= 15 is 0 Å². The molecule has 0 spiro atoms. The molecule has 9 rings (SSSR count). The summed E-state index contributed by atoms with van der Waals surface area (Å²) in [6.45, 7) is 9.24. The van der Waals surface area contributed by atoms with Crippen molar-refractivity contribution in [1.82, 2.24) is 0 Å². The molecule has 0 amide bonds. The lowest BCUT2D eigenvalue weighted by Gasteiger charge is -2.27. The molecule has 0 aliphatic heterocycles. The molecule has 1 aromatic heterocycles. The Morgan fingerprint density at radius 3 is 2.13 bits per heavy atom. The molecule has 46 heavy (non-hydrogen) atoms. The van der Waals surface area contributed by atoms with Crippen LogP contribution in [0.5, 0.6) is 0 Å². The number of benzene rings is 7. The van der Waals surface area contributed by atoms with Gasteiger partial charge < -0.3 is 9.32 Å². The Hall–Kier alpha value is -5.34. The minimum Gasteiger partial charge on any atom is -0.454 e. The Labute approximate surface area is 269 Å². The SMILES string of the molecule is CC(C)c1ccc(N(c2ccc3c4c(ccc3c2)-c2c(ccc3ccccc23)C4(C)C)c2cccc3c2oc2ccccc23)cc1.